The first kappa shape index (κ1) is 24.5. The summed E-state index contributed by atoms with van der Waals surface area (Å²) in [7, 11) is 1.55. The van der Waals surface area contributed by atoms with Gasteiger partial charge in [0, 0.05) is 30.5 Å². The zero-order valence-corrected chi connectivity index (χ0v) is 21.6. The Morgan fingerprint density at radius 3 is 2.31 bits per heavy atom. The van der Waals surface area contributed by atoms with Crippen LogP contribution < -0.4 is 10.6 Å². The normalized spacial score (nSPS) is 13.8. The number of fused-ring (bicyclic) bond motifs is 1. The number of furan rings is 1. The van der Waals surface area contributed by atoms with Crippen LogP contribution in [0.4, 0.5) is 4.39 Å². The summed E-state index contributed by atoms with van der Waals surface area (Å²) in [5, 5.41) is 14.4. The molecule has 8 nitrogen and oxygen atoms in total. The molecule has 1 saturated carbocycles. The Kier molecular flexibility index (Phi) is 5.79. The molecule has 3 aromatic carbocycles. The van der Waals surface area contributed by atoms with Gasteiger partial charge in [0.1, 0.15) is 22.7 Å². The number of hydrogen-bond acceptors (Lipinski definition) is 6. The fraction of sp³-hybridized carbons (Fsp3) is 0.200. The van der Waals surface area contributed by atoms with E-state index in [0.717, 1.165) is 29.5 Å². The van der Waals surface area contributed by atoms with Crippen LogP contribution in [-0.4, -0.2) is 29.1 Å². The number of carbonyl (C=O) groups excluding carboxylic acids is 2. The molecule has 196 valence electrons. The summed E-state index contributed by atoms with van der Waals surface area (Å²) in [6.07, 6.45) is 1.46. The van der Waals surface area contributed by atoms with Gasteiger partial charge in [0.2, 0.25) is 11.8 Å². The lowest BCUT2D eigenvalue weighted by Gasteiger charge is -2.15. The van der Waals surface area contributed by atoms with E-state index in [-0.39, 0.29) is 17.6 Å². The largest absolute Gasteiger partial charge is 0.455 e. The Balaban J connectivity index is 1.38. The lowest BCUT2D eigenvalue weighted by molar-refractivity contribution is 0.0921. The Morgan fingerprint density at radius 2 is 1.64 bits per heavy atom. The average Bonchev–Trinajstić information content (AvgIpc) is 3.40. The van der Waals surface area contributed by atoms with Crippen LogP contribution >= 0.6 is 0 Å². The summed E-state index contributed by atoms with van der Waals surface area (Å²) >= 11 is 0. The molecule has 1 aliphatic rings. The quantitative estimate of drug-likeness (QED) is 0.296. The Labute approximate surface area is 223 Å². The molecule has 2 N–H and O–H groups in total. The van der Waals surface area contributed by atoms with Crippen molar-refractivity contribution in [2.75, 3.05) is 7.05 Å². The van der Waals surface area contributed by atoms with Gasteiger partial charge in [0.15, 0.2) is 0 Å². The smallest absolute Gasteiger partial charge is 0.255 e. The fourth-order valence-electron chi connectivity index (χ4n) is 4.79. The molecule has 0 unspecified atom stereocenters. The van der Waals surface area contributed by atoms with Gasteiger partial charge in [-0.05, 0) is 85.0 Å². The van der Waals surface area contributed by atoms with Crippen molar-refractivity contribution in [1.82, 2.24) is 20.8 Å². The summed E-state index contributed by atoms with van der Waals surface area (Å²) in [5.41, 5.74) is 3.96. The average molecular weight is 525 g/mol. The number of halogens is 1. The maximum Gasteiger partial charge on any atom is 0.255 e. The molecule has 2 aromatic heterocycles. The van der Waals surface area contributed by atoms with Crippen LogP contribution in [0.2, 0.25) is 0 Å². The molecule has 0 atom stereocenters. The van der Waals surface area contributed by atoms with E-state index >= 15 is 0 Å². The van der Waals surface area contributed by atoms with E-state index in [2.05, 4.69) is 20.8 Å². The molecule has 0 aliphatic heterocycles. The van der Waals surface area contributed by atoms with E-state index in [1.165, 1.54) is 12.1 Å². The van der Waals surface area contributed by atoms with Crippen molar-refractivity contribution in [3.8, 4) is 22.5 Å². The van der Waals surface area contributed by atoms with Crippen molar-refractivity contribution in [1.29, 1.82) is 0 Å². The summed E-state index contributed by atoms with van der Waals surface area (Å²) < 4.78 is 25.2. The maximum absolute atomic E-state index is 13.5. The predicted molar refractivity (Wildman–Crippen MR) is 143 cm³/mol. The van der Waals surface area contributed by atoms with Crippen LogP contribution in [0.5, 0.6) is 0 Å². The van der Waals surface area contributed by atoms with E-state index < -0.39 is 5.54 Å². The Morgan fingerprint density at radius 1 is 0.897 bits per heavy atom. The number of rotatable bonds is 6. The van der Waals surface area contributed by atoms with Gasteiger partial charge >= 0.3 is 0 Å². The molecule has 0 radical (unpaired) electrons. The van der Waals surface area contributed by atoms with Gasteiger partial charge in [-0.1, -0.05) is 12.1 Å². The molecule has 2 heterocycles. The second-order valence-electron chi connectivity index (χ2n) is 9.80. The third kappa shape index (κ3) is 4.35. The topological polar surface area (TPSA) is 110 Å². The zero-order chi connectivity index (χ0) is 27.3. The number of carbonyl (C=O) groups is 2. The van der Waals surface area contributed by atoms with Gasteiger partial charge in [-0.2, -0.15) is 0 Å². The summed E-state index contributed by atoms with van der Waals surface area (Å²) in [6.45, 7) is 3.68. The van der Waals surface area contributed by atoms with E-state index in [0.29, 0.717) is 45.2 Å². The van der Waals surface area contributed by atoms with E-state index in [1.807, 2.05) is 31.2 Å². The summed E-state index contributed by atoms with van der Waals surface area (Å²) in [5.74, 6) is 0.302. The molecule has 9 heteroatoms. The molecule has 39 heavy (non-hydrogen) atoms. The SMILES string of the molecule is CNC(=O)c1c(-c2ccc(F)cc2)oc2ccc(-c3cc(C(=O)NC4(c5nnc(C)o5)CC4)ccc3C)cc12. The molecule has 1 fully saturated rings. The third-order valence-electron chi connectivity index (χ3n) is 7.10. The standard InChI is InChI=1S/C30H25FN4O4/c1-16-4-5-20(27(36)33-30(12-13-30)29-35-34-17(2)38-29)15-22(16)19-8-11-24-23(14-19)25(28(37)32-3)26(39-24)18-6-9-21(31)10-7-18/h4-11,14-15H,12-13H2,1-3H3,(H,32,37)(H,33,36). The van der Waals surface area contributed by atoms with Crippen molar-refractivity contribution in [3.05, 3.63) is 95.0 Å². The molecule has 2 amide bonds. The highest BCUT2D eigenvalue weighted by atomic mass is 19.1. The highest BCUT2D eigenvalue weighted by Crippen LogP contribution is 2.45. The van der Waals surface area contributed by atoms with E-state index in [1.54, 1.807) is 38.2 Å². The number of nitrogens with one attached hydrogen (secondary N) is 2. The van der Waals surface area contributed by atoms with E-state index in [9.17, 15) is 14.0 Å². The van der Waals surface area contributed by atoms with Gasteiger partial charge in [0.05, 0.1) is 5.56 Å². The van der Waals surface area contributed by atoms with Gasteiger partial charge in [-0.3, -0.25) is 9.59 Å². The molecule has 0 saturated heterocycles. The molecular weight excluding hydrogens is 499 g/mol. The monoisotopic (exact) mass is 524 g/mol. The van der Waals surface area contributed by atoms with Gasteiger partial charge in [-0.25, -0.2) is 4.39 Å². The minimum atomic E-state index is -0.627. The van der Waals surface area contributed by atoms with Crippen molar-refractivity contribution >= 4 is 22.8 Å². The lowest BCUT2D eigenvalue weighted by atomic mass is 9.95. The maximum atomic E-state index is 13.5. The van der Waals surface area contributed by atoms with Crippen LogP contribution in [0.15, 0.2) is 69.5 Å². The van der Waals surface area contributed by atoms with Crippen molar-refractivity contribution in [2.24, 2.45) is 0 Å². The van der Waals surface area contributed by atoms with Crippen LogP contribution in [0.3, 0.4) is 0 Å². The highest BCUT2D eigenvalue weighted by molar-refractivity contribution is 6.12. The predicted octanol–water partition coefficient (Wildman–Crippen LogP) is 5.68. The summed E-state index contributed by atoms with van der Waals surface area (Å²) in [6, 6.07) is 16.9. The number of amides is 2. The molecule has 6 rings (SSSR count). The Hall–Kier alpha value is -4.79. The van der Waals surface area contributed by atoms with Crippen molar-refractivity contribution in [2.45, 2.75) is 32.2 Å². The first-order valence-corrected chi connectivity index (χ1v) is 12.6. The molecular formula is C30H25FN4O4. The van der Waals surface area contributed by atoms with Crippen LogP contribution in [-0.2, 0) is 5.54 Å². The minimum absolute atomic E-state index is 0.237. The van der Waals surface area contributed by atoms with Gasteiger partial charge < -0.3 is 19.5 Å². The first-order chi connectivity index (χ1) is 18.8. The van der Waals surface area contributed by atoms with Gasteiger partial charge in [-0.15, -0.1) is 10.2 Å². The number of aryl methyl sites for hydroxylation is 2. The number of nitrogens with zero attached hydrogens (tertiary/aromatic N) is 2. The van der Waals surface area contributed by atoms with Crippen LogP contribution in [0.1, 0.15) is 50.9 Å². The Bertz CT molecular complexity index is 1750. The van der Waals surface area contributed by atoms with E-state index in [4.69, 9.17) is 8.83 Å². The fourth-order valence-corrected chi connectivity index (χ4v) is 4.79. The molecule has 0 spiro atoms. The van der Waals surface area contributed by atoms with Crippen LogP contribution in [0.25, 0.3) is 33.4 Å². The molecule has 5 aromatic rings. The van der Waals surface area contributed by atoms with Crippen LogP contribution in [0, 0.1) is 19.7 Å². The summed E-state index contributed by atoms with van der Waals surface area (Å²) in [4.78, 5) is 26.2. The second kappa shape index (κ2) is 9.20. The van der Waals surface area contributed by atoms with Crippen molar-refractivity contribution < 1.29 is 22.8 Å². The molecule has 0 bridgehead atoms. The zero-order valence-electron chi connectivity index (χ0n) is 21.6. The third-order valence-corrected chi connectivity index (χ3v) is 7.10. The first-order valence-electron chi connectivity index (χ1n) is 12.6. The number of hydrogen-bond donors (Lipinski definition) is 2. The molecule has 1 aliphatic carbocycles. The van der Waals surface area contributed by atoms with Crippen molar-refractivity contribution in [3.63, 3.8) is 0 Å². The number of benzene rings is 3. The second-order valence-corrected chi connectivity index (χ2v) is 9.80. The number of aromatic nitrogens is 2. The van der Waals surface area contributed by atoms with Gasteiger partial charge in [0.25, 0.3) is 11.8 Å². The minimum Gasteiger partial charge on any atom is -0.455 e. The highest BCUT2D eigenvalue weighted by Gasteiger charge is 2.50. The lowest BCUT2D eigenvalue weighted by Crippen LogP contribution is -2.35.